The van der Waals surface area contributed by atoms with E-state index in [4.69, 9.17) is 20.8 Å². The summed E-state index contributed by atoms with van der Waals surface area (Å²) in [7, 11) is 0. The van der Waals surface area contributed by atoms with Crippen LogP contribution in [0.25, 0.3) is 11.3 Å². The summed E-state index contributed by atoms with van der Waals surface area (Å²) in [5, 5.41) is 0.367. The molecule has 0 atom stereocenters. The molecule has 0 aliphatic heterocycles. The Morgan fingerprint density at radius 3 is 2.76 bits per heavy atom. The fourth-order valence-electron chi connectivity index (χ4n) is 1.80. The minimum absolute atomic E-state index is 0.226. The van der Waals surface area contributed by atoms with E-state index in [2.05, 4.69) is 0 Å². The van der Waals surface area contributed by atoms with Crippen molar-refractivity contribution in [1.29, 1.82) is 0 Å². The monoisotopic (exact) mass is 306 g/mol. The third-order valence-corrected chi connectivity index (χ3v) is 3.26. The largest absolute Gasteiger partial charge is 0.462 e. The van der Waals surface area contributed by atoms with E-state index in [0.717, 1.165) is 12.8 Å². The number of halogens is 1. The maximum atomic E-state index is 11.8. The van der Waals surface area contributed by atoms with E-state index >= 15 is 0 Å². The number of rotatable bonds is 6. The van der Waals surface area contributed by atoms with E-state index in [9.17, 15) is 9.59 Å². The average Bonchev–Trinajstić information content (AvgIpc) is 2.96. The minimum Gasteiger partial charge on any atom is -0.462 e. The van der Waals surface area contributed by atoms with Gasteiger partial charge in [0, 0.05) is 5.56 Å². The van der Waals surface area contributed by atoms with Crippen LogP contribution in [0.5, 0.6) is 0 Å². The second-order valence-corrected chi connectivity index (χ2v) is 4.91. The van der Waals surface area contributed by atoms with Gasteiger partial charge in [-0.15, -0.1) is 0 Å². The van der Waals surface area contributed by atoms with Crippen molar-refractivity contribution >= 4 is 23.9 Å². The van der Waals surface area contributed by atoms with Crippen LogP contribution < -0.4 is 0 Å². The molecule has 0 spiro atoms. The normalized spacial score (nSPS) is 10.4. The zero-order valence-electron chi connectivity index (χ0n) is 11.6. The number of hydrogen-bond donors (Lipinski definition) is 0. The summed E-state index contributed by atoms with van der Waals surface area (Å²) in [4.78, 5) is 22.4. The second-order valence-electron chi connectivity index (χ2n) is 4.50. The standard InChI is InChI=1S/C16H15ClO4/c1-2-3-8-20-16(19)11-4-6-13(14(17)9-11)15-7-5-12(10-18)21-15/h4-7,9-10H,2-3,8H2,1H3. The number of carbonyl (C=O) groups excluding carboxylic acids is 2. The molecule has 0 fully saturated rings. The molecule has 110 valence electrons. The molecule has 0 saturated heterocycles. The Hall–Kier alpha value is -2.07. The van der Waals surface area contributed by atoms with Gasteiger partial charge in [0.15, 0.2) is 12.0 Å². The van der Waals surface area contributed by atoms with Gasteiger partial charge >= 0.3 is 5.97 Å². The van der Waals surface area contributed by atoms with Crippen LogP contribution in [0.3, 0.4) is 0 Å². The summed E-state index contributed by atoms with van der Waals surface area (Å²) >= 11 is 6.17. The van der Waals surface area contributed by atoms with Crippen LogP contribution in [-0.4, -0.2) is 18.9 Å². The summed E-state index contributed by atoms with van der Waals surface area (Å²) < 4.78 is 10.4. The van der Waals surface area contributed by atoms with Crippen molar-refractivity contribution in [2.75, 3.05) is 6.61 Å². The molecule has 0 unspecified atom stereocenters. The Morgan fingerprint density at radius 2 is 2.14 bits per heavy atom. The third-order valence-electron chi connectivity index (χ3n) is 2.94. The van der Waals surface area contributed by atoms with Crippen molar-refractivity contribution in [1.82, 2.24) is 0 Å². The lowest BCUT2D eigenvalue weighted by Crippen LogP contribution is -2.06. The van der Waals surface area contributed by atoms with Crippen LogP contribution in [-0.2, 0) is 4.74 Å². The number of esters is 1. The highest BCUT2D eigenvalue weighted by atomic mass is 35.5. The zero-order chi connectivity index (χ0) is 15.2. The van der Waals surface area contributed by atoms with Gasteiger partial charge in [0.05, 0.1) is 17.2 Å². The first kappa shape index (κ1) is 15.3. The molecule has 0 radical (unpaired) electrons. The van der Waals surface area contributed by atoms with Gasteiger partial charge in [0.1, 0.15) is 5.76 Å². The molecule has 0 N–H and O–H groups in total. The maximum absolute atomic E-state index is 11.8. The van der Waals surface area contributed by atoms with E-state index in [-0.39, 0.29) is 5.76 Å². The highest BCUT2D eigenvalue weighted by molar-refractivity contribution is 6.33. The molecule has 0 saturated carbocycles. The number of unbranched alkanes of at least 4 members (excludes halogenated alkanes) is 1. The summed E-state index contributed by atoms with van der Waals surface area (Å²) in [6.07, 6.45) is 2.42. The highest BCUT2D eigenvalue weighted by Gasteiger charge is 2.13. The molecule has 0 bridgehead atoms. The van der Waals surface area contributed by atoms with Gasteiger partial charge in [-0.2, -0.15) is 0 Å². The van der Waals surface area contributed by atoms with E-state index in [1.54, 1.807) is 24.3 Å². The van der Waals surface area contributed by atoms with Crippen LogP contribution in [0.1, 0.15) is 40.7 Å². The lowest BCUT2D eigenvalue weighted by molar-refractivity contribution is 0.0499. The first-order chi connectivity index (χ1) is 10.2. The smallest absolute Gasteiger partial charge is 0.338 e. The van der Waals surface area contributed by atoms with Crippen molar-refractivity contribution in [2.24, 2.45) is 0 Å². The molecule has 1 aromatic carbocycles. The topological polar surface area (TPSA) is 56.5 Å². The minimum atomic E-state index is -0.398. The Labute approximate surface area is 127 Å². The van der Waals surface area contributed by atoms with Gasteiger partial charge < -0.3 is 9.15 Å². The predicted molar refractivity (Wildman–Crippen MR) is 79.7 cm³/mol. The number of aldehydes is 1. The molecule has 0 aliphatic carbocycles. The predicted octanol–water partition coefficient (Wildman–Crippen LogP) is 4.37. The Balaban J connectivity index is 2.17. The lowest BCUT2D eigenvalue weighted by Gasteiger charge is -2.06. The summed E-state index contributed by atoms with van der Waals surface area (Å²) in [6.45, 7) is 2.42. The molecule has 2 aromatic rings. The zero-order valence-corrected chi connectivity index (χ0v) is 12.4. The number of furan rings is 1. The van der Waals surface area contributed by atoms with Crippen molar-refractivity contribution in [2.45, 2.75) is 19.8 Å². The van der Waals surface area contributed by atoms with Gasteiger partial charge in [-0.1, -0.05) is 24.9 Å². The van der Waals surface area contributed by atoms with E-state index in [1.165, 1.54) is 6.07 Å². The second kappa shape index (κ2) is 7.09. The van der Waals surface area contributed by atoms with Gasteiger partial charge in [-0.3, -0.25) is 4.79 Å². The van der Waals surface area contributed by atoms with E-state index < -0.39 is 5.97 Å². The maximum Gasteiger partial charge on any atom is 0.338 e. The van der Waals surface area contributed by atoms with E-state index in [1.807, 2.05) is 6.92 Å². The molecule has 5 heteroatoms. The van der Waals surface area contributed by atoms with Crippen molar-refractivity contribution < 1.29 is 18.7 Å². The molecule has 21 heavy (non-hydrogen) atoms. The van der Waals surface area contributed by atoms with Crippen LogP contribution in [0, 0.1) is 0 Å². The lowest BCUT2D eigenvalue weighted by atomic mass is 10.1. The molecule has 1 aromatic heterocycles. The molecule has 0 amide bonds. The number of hydrogen-bond acceptors (Lipinski definition) is 4. The molecule has 0 aliphatic rings. The van der Waals surface area contributed by atoms with Crippen LogP contribution >= 0.6 is 11.6 Å². The Morgan fingerprint density at radius 1 is 1.33 bits per heavy atom. The van der Waals surface area contributed by atoms with Crippen LogP contribution in [0.4, 0.5) is 0 Å². The molecule has 2 rings (SSSR count). The van der Waals surface area contributed by atoms with E-state index in [0.29, 0.717) is 34.8 Å². The van der Waals surface area contributed by atoms with Crippen LogP contribution in [0.2, 0.25) is 5.02 Å². The molecule has 4 nitrogen and oxygen atoms in total. The summed E-state index contributed by atoms with van der Waals surface area (Å²) in [5.74, 6) is 0.307. The first-order valence-electron chi connectivity index (χ1n) is 6.67. The molecule has 1 heterocycles. The summed E-state index contributed by atoms with van der Waals surface area (Å²) in [5.41, 5.74) is 1.01. The Kier molecular flexibility index (Phi) is 5.17. The number of ether oxygens (including phenoxy) is 1. The molecular weight excluding hydrogens is 292 g/mol. The molecular formula is C16H15ClO4. The van der Waals surface area contributed by atoms with Gasteiger partial charge in [-0.25, -0.2) is 4.79 Å². The number of carbonyl (C=O) groups is 2. The summed E-state index contributed by atoms with van der Waals surface area (Å²) in [6, 6.07) is 8.05. The SMILES string of the molecule is CCCCOC(=O)c1ccc(-c2ccc(C=O)o2)c(Cl)c1. The van der Waals surface area contributed by atoms with Crippen LogP contribution in [0.15, 0.2) is 34.7 Å². The Bertz CT molecular complexity index is 645. The van der Waals surface area contributed by atoms with Crippen molar-refractivity contribution in [3.05, 3.63) is 46.7 Å². The first-order valence-corrected chi connectivity index (χ1v) is 7.05. The van der Waals surface area contributed by atoms with Crippen molar-refractivity contribution in [3.8, 4) is 11.3 Å². The quantitative estimate of drug-likeness (QED) is 0.452. The van der Waals surface area contributed by atoms with Gasteiger partial charge in [0.25, 0.3) is 0 Å². The number of benzene rings is 1. The fourth-order valence-corrected chi connectivity index (χ4v) is 2.07. The fraction of sp³-hybridized carbons (Fsp3) is 0.250. The van der Waals surface area contributed by atoms with Gasteiger partial charge in [-0.05, 0) is 36.8 Å². The van der Waals surface area contributed by atoms with Gasteiger partial charge in [0.2, 0.25) is 0 Å². The third kappa shape index (κ3) is 3.73. The highest BCUT2D eigenvalue weighted by Crippen LogP contribution is 2.30. The average molecular weight is 307 g/mol. The van der Waals surface area contributed by atoms with Crippen molar-refractivity contribution in [3.63, 3.8) is 0 Å².